The lowest BCUT2D eigenvalue weighted by molar-refractivity contribution is 0.0269. The lowest BCUT2D eigenvalue weighted by Gasteiger charge is -2.25. The molecule has 1 aliphatic carbocycles. The van der Waals surface area contributed by atoms with Crippen molar-refractivity contribution in [2.24, 2.45) is 17.8 Å². The Balaban J connectivity index is 1.84. The fourth-order valence-electron chi connectivity index (χ4n) is 2.38. The molecule has 0 N–H and O–H groups in total. The largest absolute Gasteiger partial charge is 0.444 e. The van der Waals surface area contributed by atoms with Crippen LogP contribution in [-0.4, -0.2) is 29.7 Å². The number of carbonyl (C=O) groups is 1. The van der Waals surface area contributed by atoms with Gasteiger partial charge in [0, 0.05) is 19.0 Å². The standard InChI is InChI=1S/C13H19NO2/c1-5-6-9-10-7-14(8-11(9)10)12(15)16-13(2,3)4/h9-11H,7-8H2,1-4H3/t9?,10-,11+. The molecule has 16 heavy (non-hydrogen) atoms. The van der Waals surface area contributed by atoms with Crippen molar-refractivity contribution in [3.05, 3.63) is 0 Å². The highest BCUT2D eigenvalue weighted by molar-refractivity contribution is 5.69. The van der Waals surface area contributed by atoms with E-state index in [0.29, 0.717) is 17.8 Å². The number of ether oxygens (including phenoxy) is 1. The highest BCUT2D eigenvalue weighted by Gasteiger charge is 2.56. The van der Waals surface area contributed by atoms with Crippen LogP contribution in [0.5, 0.6) is 0 Å². The average molecular weight is 221 g/mol. The minimum atomic E-state index is -0.396. The molecule has 1 heterocycles. The molecule has 3 nitrogen and oxygen atoms in total. The molecule has 3 atom stereocenters. The summed E-state index contributed by atoms with van der Waals surface area (Å²) < 4.78 is 5.34. The minimum absolute atomic E-state index is 0.178. The molecule has 1 amide bonds. The lowest BCUT2D eigenvalue weighted by Crippen LogP contribution is -2.36. The van der Waals surface area contributed by atoms with Crippen LogP contribution < -0.4 is 0 Å². The predicted octanol–water partition coefficient (Wildman–Crippen LogP) is 2.12. The van der Waals surface area contributed by atoms with Crippen molar-refractivity contribution >= 4 is 6.09 Å². The summed E-state index contributed by atoms with van der Waals surface area (Å²) in [5.41, 5.74) is -0.396. The van der Waals surface area contributed by atoms with Crippen molar-refractivity contribution in [1.29, 1.82) is 0 Å². The first-order valence-corrected chi connectivity index (χ1v) is 5.82. The summed E-state index contributed by atoms with van der Waals surface area (Å²) in [5, 5.41) is 0. The zero-order valence-corrected chi connectivity index (χ0v) is 10.4. The van der Waals surface area contributed by atoms with Crippen molar-refractivity contribution in [1.82, 2.24) is 4.90 Å². The first-order chi connectivity index (χ1) is 7.42. The SMILES string of the molecule is CC#CC1[C@H]2CN(C(=O)OC(C)(C)C)C[C@@H]12. The minimum Gasteiger partial charge on any atom is -0.444 e. The number of nitrogens with zero attached hydrogens (tertiary/aromatic N) is 1. The normalized spacial score (nSPS) is 31.5. The topological polar surface area (TPSA) is 29.5 Å². The van der Waals surface area contributed by atoms with Crippen LogP contribution in [0.2, 0.25) is 0 Å². The van der Waals surface area contributed by atoms with Gasteiger partial charge in [-0.25, -0.2) is 4.79 Å². The molecule has 2 aliphatic rings. The second-order valence-electron chi connectivity index (χ2n) is 5.63. The Morgan fingerprint density at radius 1 is 1.31 bits per heavy atom. The van der Waals surface area contributed by atoms with Gasteiger partial charge in [0.25, 0.3) is 0 Å². The van der Waals surface area contributed by atoms with E-state index in [1.165, 1.54) is 0 Å². The third-order valence-electron chi connectivity index (χ3n) is 3.16. The molecule has 0 spiro atoms. The van der Waals surface area contributed by atoms with Gasteiger partial charge in [0.2, 0.25) is 0 Å². The Morgan fingerprint density at radius 3 is 2.31 bits per heavy atom. The van der Waals surface area contributed by atoms with Gasteiger partial charge in [-0.3, -0.25) is 0 Å². The lowest BCUT2D eigenvalue weighted by atomic mass is 10.2. The Bertz CT molecular complexity index is 346. The second-order valence-corrected chi connectivity index (χ2v) is 5.63. The smallest absolute Gasteiger partial charge is 0.410 e. The predicted molar refractivity (Wildman–Crippen MR) is 61.7 cm³/mol. The van der Waals surface area contributed by atoms with Gasteiger partial charge in [0.05, 0.1) is 0 Å². The van der Waals surface area contributed by atoms with Gasteiger partial charge in [-0.2, -0.15) is 0 Å². The number of rotatable bonds is 0. The van der Waals surface area contributed by atoms with E-state index in [1.54, 1.807) is 0 Å². The van der Waals surface area contributed by atoms with Crippen molar-refractivity contribution < 1.29 is 9.53 Å². The summed E-state index contributed by atoms with van der Waals surface area (Å²) in [6.45, 7) is 9.20. The van der Waals surface area contributed by atoms with E-state index in [4.69, 9.17) is 4.74 Å². The van der Waals surface area contributed by atoms with Crippen LogP contribution in [0.3, 0.4) is 0 Å². The summed E-state index contributed by atoms with van der Waals surface area (Å²) >= 11 is 0. The van der Waals surface area contributed by atoms with Crippen LogP contribution in [0.4, 0.5) is 4.79 Å². The molecule has 0 aromatic rings. The molecule has 0 aromatic carbocycles. The first-order valence-electron chi connectivity index (χ1n) is 5.82. The highest BCUT2D eigenvalue weighted by Crippen LogP contribution is 2.51. The molecule has 0 aromatic heterocycles. The van der Waals surface area contributed by atoms with Gasteiger partial charge in [-0.1, -0.05) is 5.92 Å². The fraction of sp³-hybridized carbons (Fsp3) is 0.769. The molecule has 0 bridgehead atoms. The molecule has 1 saturated heterocycles. The Hall–Kier alpha value is -1.17. The molecular weight excluding hydrogens is 202 g/mol. The van der Waals surface area contributed by atoms with E-state index in [1.807, 2.05) is 32.6 Å². The maximum absolute atomic E-state index is 11.8. The number of hydrogen-bond donors (Lipinski definition) is 0. The van der Waals surface area contributed by atoms with Gasteiger partial charge >= 0.3 is 6.09 Å². The monoisotopic (exact) mass is 221 g/mol. The summed E-state index contributed by atoms with van der Waals surface area (Å²) in [7, 11) is 0. The van der Waals surface area contributed by atoms with Gasteiger partial charge in [-0.05, 0) is 39.5 Å². The highest BCUT2D eigenvalue weighted by atomic mass is 16.6. The van der Waals surface area contributed by atoms with Crippen molar-refractivity contribution in [3.8, 4) is 11.8 Å². The number of carbonyl (C=O) groups excluding carboxylic acids is 1. The Kier molecular flexibility index (Phi) is 2.61. The average Bonchev–Trinajstić information content (AvgIpc) is 2.60. The number of likely N-dealkylation sites (tertiary alicyclic amines) is 1. The number of hydrogen-bond acceptors (Lipinski definition) is 2. The number of amides is 1. The number of fused-ring (bicyclic) bond motifs is 1. The Labute approximate surface area is 97.1 Å². The molecule has 88 valence electrons. The number of piperidine rings is 1. The maximum Gasteiger partial charge on any atom is 0.410 e. The second kappa shape index (κ2) is 3.69. The summed E-state index contributed by atoms with van der Waals surface area (Å²) in [4.78, 5) is 13.6. The molecular formula is C13H19NO2. The first kappa shape index (κ1) is 11.3. The Morgan fingerprint density at radius 2 is 1.88 bits per heavy atom. The van der Waals surface area contributed by atoms with Crippen molar-refractivity contribution in [3.63, 3.8) is 0 Å². The van der Waals surface area contributed by atoms with E-state index in [-0.39, 0.29) is 6.09 Å². The summed E-state index contributed by atoms with van der Waals surface area (Å²) in [6.07, 6.45) is -0.178. The van der Waals surface area contributed by atoms with Crippen LogP contribution in [0, 0.1) is 29.6 Å². The van der Waals surface area contributed by atoms with Gasteiger partial charge in [-0.15, -0.1) is 5.92 Å². The van der Waals surface area contributed by atoms with Crippen LogP contribution in [-0.2, 0) is 4.74 Å². The van der Waals surface area contributed by atoms with Crippen LogP contribution in [0.15, 0.2) is 0 Å². The van der Waals surface area contributed by atoms with Gasteiger partial charge in [0.1, 0.15) is 5.60 Å². The van der Waals surface area contributed by atoms with E-state index in [0.717, 1.165) is 13.1 Å². The zero-order valence-electron chi connectivity index (χ0n) is 10.4. The van der Waals surface area contributed by atoms with E-state index in [9.17, 15) is 4.79 Å². The molecule has 3 heteroatoms. The molecule has 2 fully saturated rings. The van der Waals surface area contributed by atoms with Crippen molar-refractivity contribution in [2.45, 2.75) is 33.3 Å². The van der Waals surface area contributed by atoms with Crippen LogP contribution in [0.25, 0.3) is 0 Å². The maximum atomic E-state index is 11.8. The van der Waals surface area contributed by atoms with Crippen LogP contribution >= 0.6 is 0 Å². The third kappa shape index (κ3) is 2.16. The quantitative estimate of drug-likeness (QED) is 0.586. The van der Waals surface area contributed by atoms with E-state index in [2.05, 4.69) is 11.8 Å². The van der Waals surface area contributed by atoms with E-state index < -0.39 is 5.60 Å². The zero-order chi connectivity index (χ0) is 11.9. The summed E-state index contributed by atoms with van der Waals surface area (Å²) in [6, 6.07) is 0. The van der Waals surface area contributed by atoms with Crippen molar-refractivity contribution in [2.75, 3.05) is 13.1 Å². The summed E-state index contributed by atoms with van der Waals surface area (Å²) in [5.74, 6) is 7.88. The van der Waals surface area contributed by atoms with Gasteiger partial charge < -0.3 is 9.64 Å². The van der Waals surface area contributed by atoms with Gasteiger partial charge in [0.15, 0.2) is 0 Å². The molecule has 0 radical (unpaired) electrons. The van der Waals surface area contributed by atoms with E-state index >= 15 is 0 Å². The fourth-order valence-corrected chi connectivity index (χ4v) is 2.38. The molecule has 1 unspecified atom stereocenters. The molecule has 1 saturated carbocycles. The van der Waals surface area contributed by atoms with Crippen LogP contribution in [0.1, 0.15) is 27.7 Å². The molecule has 2 rings (SSSR count). The third-order valence-corrected chi connectivity index (χ3v) is 3.16. The molecule has 1 aliphatic heterocycles.